The maximum atomic E-state index is 11.2. The number of rotatable bonds is 6. The van der Waals surface area contributed by atoms with E-state index in [9.17, 15) is 4.79 Å². The Bertz CT molecular complexity index is 464. The molecular weight excluding hydrogens is 264 g/mol. The monoisotopic (exact) mass is 290 g/mol. The van der Waals surface area contributed by atoms with Gasteiger partial charge in [0, 0.05) is 12.0 Å². The minimum atomic E-state index is -0.296. The van der Waals surface area contributed by atoms with Gasteiger partial charge in [0.1, 0.15) is 5.75 Å². The van der Waals surface area contributed by atoms with Crippen LogP contribution < -0.4 is 15.8 Å². The first-order chi connectivity index (χ1) is 10.1. The van der Waals surface area contributed by atoms with Gasteiger partial charge in [0.2, 0.25) is 5.91 Å². The lowest BCUT2D eigenvalue weighted by atomic mass is 9.69. The van der Waals surface area contributed by atoms with Gasteiger partial charge in [0.05, 0.1) is 13.2 Å². The third-order valence-corrected chi connectivity index (χ3v) is 4.69. The van der Waals surface area contributed by atoms with Gasteiger partial charge in [-0.05, 0) is 37.5 Å². The maximum Gasteiger partial charge on any atom is 0.234 e. The highest BCUT2D eigenvalue weighted by Crippen LogP contribution is 2.39. The predicted molar refractivity (Wildman–Crippen MR) is 84.4 cm³/mol. The number of nitrogens with two attached hydrogens (primary N) is 1. The molecule has 1 aromatic carbocycles. The molecule has 3 N–H and O–H groups in total. The Kier molecular flexibility index (Phi) is 5.23. The Hall–Kier alpha value is -1.55. The zero-order chi connectivity index (χ0) is 15.3. The summed E-state index contributed by atoms with van der Waals surface area (Å²) in [6.07, 6.45) is 6.07. The summed E-state index contributed by atoms with van der Waals surface area (Å²) >= 11 is 0. The number of benzene rings is 1. The number of nitrogens with one attached hydrogen (secondary N) is 1. The molecule has 1 saturated carbocycles. The van der Waals surface area contributed by atoms with Crippen LogP contribution in [-0.2, 0) is 10.2 Å². The van der Waals surface area contributed by atoms with E-state index in [1.165, 1.54) is 24.8 Å². The van der Waals surface area contributed by atoms with Crippen molar-refractivity contribution in [3.8, 4) is 5.75 Å². The number of hydrogen-bond acceptors (Lipinski definition) is 3. The van der Waals surface area contributed by atoms with Crippen LogP contribution in [0, 0.1) is 0 Å². The van der Waals surface area contributed by atoms with Gasteiger partial charge < -0.3 is 15.8 Å². The molecule has 0 radical (unpaired) electrons. The summed E-state index contributed by atoms with van der Waals surface area (Å²) in [7, 11) is 1.68. The second-order valence-electron chi connectivity index (χ2n) is 6.07. The maximum absolute atomic E-state index is 11.2. The lowest BCUT2D eigenvalue weighted by molar-refractivity contribution is -0.119. The average Bonchev–Trinajstić information content (AvgIpc) is 2.53. The summed E-state index contributed by atoms with van der Waals surface area (Å²) in [5, 5.41) is 3.31. The largest absolute Gasteiger partial charge is 0.497 e. The van der Waals surface area contributed by atoms with E-state index < -0.39 is 0 Å². The van der Waals surface area contributed by atoms with Gasteiger partial charge in [-0.2, -0.15) is 0 Å². The van der Waals surface area contributed by atoms with Crippen molar-refractivity contribution < 1.29 is 9.53 Å². The fourth-order valence-electron chi connectivity index (χ4n) is 3.19. The van der Waals surface area contributed by atoms with Crippen molar-refractivity contribution in [1.82, 2.24) is 5.32 Å². The van der Waals surface area contributed by atoms with Crippen molar-refractivity contribution >= 4 is 5.91 Å². The van der Waals surface area contributed by atoms with Crippen molar-refractivity contribution in [2.45, 2.75) is 50.5 Å². The van der Waals surface area contributed by atoms with Crippen LogP contribution in [0.2, 0.25) is 0 Å². The van der Waals surface area contributed by atoms with Crippen LogP contribution in [0.3, 0.4) is 0 Å². The molecule has 0 aliphatic heterocycles. The minimum absolute atomic E-state index is 0.105. The number of primary amides is 1. The van der Waals surface area contributed by atoms with Gasteiger partial charge in [-0.3, -0.25) is 4.79 Å². The lowest BCUT2D eigenvalue weighted by Crippen LogP contribution is -2.47. The zero-order valence-electron chi connectivity index (χ0n) is 13.0. The van der Waals surface area contributed by atoms with E-state index >= 15 is 0 Å². The summed E-state index contributed by atoms with van der Waals surface area (Å²) in [4.78, 5) is 11.2. The standard InChI is InChI=1S/C17H26N2O2/c1-13(16(18)20)19-12-17(10-4-3-5-11-17)14-6-8-15(21-2)9-7-14/h6-9,13,19H,3-5,10-12H2,1-2H3,(H2,18,20)/t13-/m1/s1. The molecule has 0 bridgehead atoms. The zero-order valence-corrected chi connectivity index (χ0v) is 13.0. The topological polar surface area (TPSA) is 64.3 Å². The Morgan fingerprint density at radius 3 is 2.43 bits per heavy atom. The number of hydrogen-bond donors (Lipinski definition) is 2. The Balaban J connectivity index is 2.17. The first-order valence-electron chi connectivity index (χ1n) is 7.75. The average molecular weight is 290 g/mol. The molecule has 21 heavy (non-hydrogen) atoms. The highest BCUT2D eigenvalue weighted by molar-refractivity contribution is 5.79. The summed E-state index contributed by atoms with van der Waals surface area (Å²) in [6.45, 7) is 2.62. The minimum Gasteiger partial charge on any atom is -0.497 e. The molecule has 0 aromatic heterocycles. The number of ether oxygens (including phenoxy) is 1. The molecule has 1 amide bonds. The molecule has 1 atom stereocenters. The van der Waals surface area contributed by atoms with E-state index in [-0.39, 0.29) is 17.4 Å². The summed E-state index contributed by atoms with van der Waals surface area (Å²) in [6, 6.07) is 8.05. The van der Waals surface area contributed by atoms with Crippen LogP contribution in [0.4, 0.5) is 0 Å². The molecule has 0 spiro atoms. The van der Waals surface area contributed by atoms with Gasteiger partial charge in [-0.1, -0.05) is 31.4 Å². The van der Waals surface area contributed by atoms with Gasteiger partial charge in [-0.15, -0.1) is 0 Å². The third-order valence-electron chi connectivity index (χ3n) is 4.69. The van der Waals surface area contributed by atoms with E-state index in [4.69, 9.17) is 10.5 Å². The van der Waals surface area contributed by atoms with Crippen LogP contribution in [-0.4, -0.2) is 25.6 Å². The molecule has 0 unspecified atom stereocenters. The molecule has 1 fully saturated rings. The number of carbonyl (C=O) groups excluding carboxylic acids is 1. The molecule has 0 saturated heterocycles. The Morgan fingerprint density at radius 2 is 1.90 bits per heavy atom. The van der Waals surface area contributed by atoms with Crippen LogP contribution >= 0.6 is 0 Å². The summed E-state index contributed by atoms with van der Waals surface area (Å²) in [5.74, 6) is 0.582. The number of methoxy groups -OCH3 is 1. The highest BCUT2D eigenvalue weighted by Gasteiger charge is 2.34. The highest BCUT2D eigenvalue weighted by atomic mass is 16.5. The molecule has 1 aromatic rings. The Labute approximate surface area is 127 Å². The van der Waals surface area contributed by atoms with E-state index in [2.05, 4.69) is 17.4 Å². The fourth-order valence-corrected chi connectivity index (χ4v) is 3.19. The van der Waals surface area contributed by atoms with E-state index in [0.717, 1.165) is 25.1 Å². The van der Waals surface area contributed by atoms with Crippen molar-refractivity contribution in [2.24, 2.45) is 5.73 Å². The normalized spacial score (nSPS) is 19.0. The van der Waals surface area contributed by atoms with E-state index in [0.29, 0.717) is 0 Å². The second-order valence-corrected chi connectivity index (χ2v) is 6.07. The first kappa shape index (κ1) is 15.8. The lowest BCUT2D eigenvalue weighted by Gasteiger charge is -2.39. The van der Waals surface area contributed by atoms with Gasteiger partial charge in [0.25, 0.3) is 0 Å². The quantitative estimate of drug-likeness (QED) is 0.845. The molecule has 2 rings (SSSR count). The molecule has 4 nitrogen and oxygen atoms in total. The molecule has 4 heteroatoms. The van der Waals surface area contributed by atoms with Gasteiger partial charge in [0.15, 0.2) is 0 Å². The molecule has 1 aliphatic rings. The van der Waals surface area contributed by atoms with E-state index in [1.807, 2.05) is 19.1 Å². The smallest absolute Gasteiger partial charge is 0.234 e. The number of carbonyl (C=O) groups is 1. The van der Waals surface area contributed by atoms with Crippen molar-refractivity contribution in [2.75, 3.05) is 13.7 Å². The molecular formula is C17H26N2O2. The van der Waals surface area contributed by atoms with Crippen molar-refractivity contribution in [1.29, 1.82) is 0 Å². The fraction of sp³-hybridized carbons (Fsp3) is 0.588. The van der Waals surface area contributed by atoms with Crippen LogP contribution in [0.5, 0.6) is 5.75 Å². The van der Waals surface area contributed by atoms with Crippen LogP contribution in [0.15, 0.2) is 24.3 Å². The third kappa shape index (κ3) is 3.76. The predicted octanol–water partition coefficient (Wildman–Crippen LogP) is 2.36. The first-order valence-corrected chi connectivity index (χ1v) is 7.75. The molecule has 116 valence electrons. The van der Waals surface area contributed by atoms with Gasteiger partial charge >= 0.3 is 0 Å². The van der Waals surface area contributed by atoms with Crippen LogP contribution in [0.1, 0.15) is 44.6 Å². The molecule has 1 aliphatic carbocycles. The van der Waals surface area contributed by atoms with Crippen molar-refractivity contribution in [3.63, 3.8) is 0 Å². The Morgan fingerprint density at radius 1 is 1.29 bits per heavy atom. The van der Waals surface area contributed by atoms with Crippen molar-refractivity contribution in [3.05, 3.63) is 29.8 Å². The number of amides is 1. The van der Waals surface area contributed by atoms with Gasteiger partial charge in [-0.25, -0.2) is 0 Å². The second kappa shape index (κ2) is 6.94. The van der Waals surface area contributed by atoms with Crippen LogP contribution in [0.25, 0.3) is 0 Å². The van der Waals surface area contributed by atoms with E-state index in [1.54, 1.807) is 7.11 Å². The summed E-state index contributed by atoms with van der Waals surface area (Å²) in [5.41, 5.74) is 6.78. The SMILES string of the molecule is COc1ccc(C2(CN[C@H](C)C(N)=O)CCCCC2)cc1. The summed E-state index contributed by atoms with van der Waals surface area (Å²) < 4.78 is 5.24. The molecule has 0 heterocycles.